The number of hydrogen-bond acceptors (Lipinski definition) is 2. The highest BCUT2D eigenvalue weighted by Gasteiger charge is 2.11. The smallest absolute Gasteiger partial charge is 0.208 e. The van der Waals surface area contributed by atoms with Crippen LogP contribution in [0, 0.1) is 0 Å². The van der Waals surface area contributed by atoms with E-state index in [9.17, 15) is 0 Å². The zero-order valence-corrected chi connectivity index (χ0v) is 10.6. The van der Waals surface area contributed by atoms with Crippen molar-refractivity contribution in [3.05, 3.63) is 0 Å². The third-order valence-electron chi connectivity index (χ3n) is 2.60. The standard InChI is InChI=1S/C11H26N4/c1-5-7-9-13-11(14-12)15(4)10(3)8-6-2/h10H,5-9,12H2,1-4H3,(H,13,14). The zero-order valence-electron chi connectivity index (χ0n) is 10.6. The molecule has 0 aromatic rings. The van der Waals surface area contributed by atoms with Crippen LogP contribution in [0.25, 0.3) is 0 Å². The number of unbranched alkanes of at least 4 members (excludes halogenated alkanes) is 1. The summed E-state index contributed by atoms with van der Waals surface area (Å²) >= 11 is 0. The van der Waals surface area contributed by atoms with E-state index in [-0.39, 0.29) is 0 Å². The summed E-state index contributed by atoms with van der Waals surface area (Å²) in [6, 6.07) is 0.478. The van der Waals surface area contributed by atoms with Crippen molar-refractivity contribution in [2.75, 3.05) is 13.6 Å². The van der Waals surface area contributed by atoms with E-state index in [4.69, 9.17) is 5.84 Å². The van der Waals surface area contributed by atoms with Crippen molar-refractivity contribution in [1.29, 1.82) is 0 Å². The van der Waals surface area contributed by atoms with Gasteiger partial charge in [0.1, 0.15) is 0 Å². The van der Waals surface area contributed by atoms with Crippen LogP contribution in [0.3, 0.4) is 0 Å². The van der Waals surface area contributed by atoms with E-state index < -0.39 is 0 Å². The fraction of sp³-hybridized carbons (Fsp3) is 0.909. The SMILES string of the molecule is CCCCN=C(NN)N(C)C(C)CCC. The van der Waals surface area contributed by atoms with Gasteiger partial charge in [0.05, 0.1) is 0 Å². The van der Waals surface area contributed by atoms with E-state index in [1.165, 1.54) is 6.42 Å². The lowest BCUT2D eigenvalue weighted by Crippen LogP contribution is -2.46. The molecule has 0 saturated carbocycles. The first-order valence-electron chi connectivity index (χ1n) is 5.91. The molecule has 0 aliphatic heterocycles. The average molecular weight is 214 g/mol. The molecule has 0 rings (SSSR count). The van der Waals surface area contributed by atoms with Crippen LogP contribution < -0.4 is 11.3 Å². The highest BCUT2D eigenvalue weighted by Crippen LogP contribution is 2.04. The zero-order chi connectivity index (χ0) is 11.7. The van der Waals surface area contributed by atoms with Gasteiger partial charge in [-0.05, 0) is 19.8 Å². The third-order valence-corrected chi connectivity index (χ3v) is 2.60. The number of guanidine groups is 1. The minimum Gasteiger partial charge on any atom is -0.342 e. The molecule has 0 radical (unpaired) electrons. The van der Waals surface area contributed by atoms with Gasteiger partial charge in [0.2, 0.25) is 5.96 Å². The normalized spacial score (nSPS) is 13.8. The molecule has 1 atom stereocenters. The molecule has 0 heterocycles. The molecule has 4 nitrogen and oxygen atoms in total. The van der Waals surface area contributed by atoms with Gasteiger partial charge >= 0.3 is 0 Å². The molecule has 0 aliphatic rings. The van der Waals surface area contributed by atoms with Gasteiger partial charge in [-0.1, -0.05) is 26.7 Å². The van der Waals surface area contributed by atoms with Crippen LogP contribution in [-0.2, 0) is 0 Å². The lowest BCUT2D eigenvalue weighted by molar-refractivity contribution is 0.354. The van der Waals surface area contributed by atoms with Crippen molar-refractivity contribution >= 4 is 5.96 Å². The predicted molar refractivity (Wildman–Crippen MR) is 66.7 cm³/mol. The number of nitrogens with one attached hydrogen (secondary N) is 1. The minimum atomic E-state index is 0.478. The van der Waals surface area contributed by atoms with Crippen molar-refractivity contribution in [3.8, 4) is 0 Å². The van der Waals surface area contributed by atoms with Gasteiger partial charge in [0, 0.05) is 19.6 Å². The first-order valence-corrected chi connectivity index (χ1v) is 5.91. The highest BCUT2D eigenvalue weighted by atomic mass is 15.4. The molecule has 90 valence electrons. The van der Waals surface area contributed by atoms with Crippen molar-refractivity contribution in [2.24, 2.45) is 10.8 Å². The van der Waals surface area contributed by atoms with Crippen molar-refractivity contribution in [3.63, 3.8) is 0 Å². The van der Waals surface area contributed by atoms with Gasteiger partial charge in [-0.15, -0.1) is 0 Å². The maximum atomic E-state index is 5.47. The predicted octanol–water partition coefficient (Wildman–Crippen LogP) is 1.73. The van der Waals surface area contributed by atoms with Crippen LogP contribution in [0.5, 0.6) is 0 Å². The Morgan fingerprint density at radius 2 is 2.07 bits per heavy atom. The Hall–Kier alpha value is -0.770. The molecule has 0 spiro atoms. The monoisotopic (exact) mass is 214 g/mol. The molecule has 0 aromatic carbocycles. The largest absolute Gasteiger partial charge is 0.342 e. The first kappa shape index (κ1) is 14.2. The molecule has 15 heavy (non-hydrogen) atoms. The Labute approximate surface area is 93.9 Å². The lowest BCUT2D eigenvalue weighted by Gasteiger charge is -2.27. The number of rotatable bonds is 6. The number of nitrogens with zero attached hydrogens (tertiary/aromatic N) is 2. The molecule has 4 heteroatoms. The average Bonchev–Trinajstić information content (AvgIpc) is 2.24. The molecule has 1 unspecified atom stereocenters. The summed E-state index contributed by atoms with van der Waals surface area (Å²) < 4.78 is 0. The van der Waals surface area contributed by atoms with Crippen LogP contribution in [0.1, 0.15) is 46.5 Å². The van der Waals surface area contributed by atoms with Crippen LogP contribution in [-0.4, -0.2) is 30.5 Å². The Morgan fingerprint density at radius 3 is 2.53 bits per heavy atom. The van der Waals surface area contributed by atoms with E-state index in [0.717, 1.165) is 31.8 Å². The van der Waals surface area contributed by atoms with Gasteiger partial charge in [0.15, 0.2) is 0 Å². The van der Waals surface area contributed by atoms with E-state index >= 15 is 0 Å². The minimum absolute atomic E-state index is 0.478. The molecular formula is C11H26N4. The third kappa shape index (κ3) is 5.62. The molecule has 0 aliphatic carbocycles. The van der Waals surface area contributed by atoms with Gasteiger partial charge in [-0.2, -0.15) is 0 Å². The Morgan fingerprint density at radius 1 is 1.40 bits per heavy atom. The summed E-state index contributed by atoms with van der Waals surface area (Å²) in [5.41, 5.74) is 2.68. The van der Waals surface area contributed by atoms with Gasteiger partial charge < -0.3 is 4.90 Å². The second-order valence-electron chi connectivity index (χ2n) is 3.95. The Kier molecular flexibility index (Phi) is 8.09. The maximum absolute atomic E-state index is 5.47. The summed E-state index contributed by atoms with van der Waals surface area (Å²) in [4.78, 5) is 6.55. The topological polar surface area (TPSA) is 53.6 Å². The molecule has 0 amide bonds. The van der Waals surface area contributed by atoms with Crippen LogP contribution >= 0.6 is 0 Å². The van der Waals surface area contributed by atoms with E-state index in [1.54, 1.807) is 0 Å². The van der Waals surface area contributed by atoms with Gasteiger partial charge in [0.25, 0.3) is 0 Å². The molecule has 0 bridgehead atoms. The van der Waals surface area contributed by atoms with Crippen molar-refractivity contribution in [1.82, 2.24) is 10.3 Å². The number of hydrogen-bond donors (Lipinski definition) is 2. The fourth-order valence-electron chi connectivity index (χ4n) is 1.42. The first-order chi connectivity index (χ1) is 7.17. The summed E-state index contributed by atoms with van der Waals surface area (Å²) in [6.45, 7) is 7.39. The summed E-state index contributed by atoms with van der Waals surface area (Å²) in [5, 5.41) is 0. The van der Waals surface area contributed by atoms with Gasteiger partial charge in [-0.25, -0.2) is 5.84 Å². The van der Waals surface area contributed by atoms with Crippen molar-refractivity contribution in [2.45, 2.75) is 52.5 Å². The van der Waals surface area contributed by atoms with Crippen LogP contribution in [0.2, 0.25) is 0 Å². The number of nitrogens with two attached hydrogens (primary N) is 1. The summed E-state index contributed by atoms with van der Waals surface area (Å²) in [5.74, 6) is 6.26. The molecular weight excluding hydrogens is 188 g/mol. The molecule has 0 saturated heterocycles. The van der Waals surface area contributed by atoms with E-state index in [2.05, 4.69) is 36.1 Å². The molecule has 0 fully saturated rings. The van der Waals surface area contributed by atoms with Crippen molar-refractivity contribution < 1.29 is 0 Å². The second-order valence-corrected chi connectivity index (χ2v) is 3.95. The van der Waals surface area contributed by atoms with E-state index in [0.29, 0.717) is 6.04 Å². The van der Waals surface area contributed by atoms with Crippen LogP contribution in [0.4, 0.5) is 0 Å². The Bertz CT molecular complexity index is 179. The number of hydrazine groups is 1. The maximum Gasteiger partial charge on any atom is 0.208 e. The quantitative estimate of drug-likeness (QED) is 0.233. The van der Waals surface area contributed by atoms with E-state index in [1.807, 2.05) is 7.05 Å². The molecule has 3 N–H and O–H groups in total. The second kappa shape index (κ2) is 8.53. The highest BCUT2D eigenvalue weighted by molar-refractivity contribution is 5.79. The van der Waals surface area contributed by atoms with Crippen LogP contribution in [0.15, 0.2) is 4.99 Å². The number of aliphatic imine (C=N–C) groups is 1. The Balaban J connectivity index is 4.18. The molecule has 0 aromatic heterocycles. The lowest BCUT2D eigenvalue weighted by atomic mass is 10.2. The summed E-state index contributed by atoms with van der Waals surface area (Å²) in [7, 11) is 2.03. The fourth-order valence-corrected chi connectivity index (χ4v) is 1.42. The summed E-state index contributed by atoms with van der Waals surface area (Å²) in [6.07, 6.45) is 4.61. The van der Waals surface area contributed by atoms with Gasteiger partial charge in [-0.3, -0.25) is 10.4 Å².